The summed E-state index contributed by atoms with van der Waals surface area (Å²) in [6, 6.07) is 5.90. The van der Waals surface area contributed by atoms with E-state index in [2.05, 4.69) is 16.0 Å². The summed E-state index contributed by atoms with van der Waals surface area (Å²) in [5.74, 6) is -0.812. The fraction of sp³-hybridized carbons (Fsp3) is 0.357. The van der Waals surface area contributed by atoms with Crippen LogP contribution in [0, 0.1) is 0 Å². The molecule has 6 heteroatoms. The van der Waals surface area contributed by atoms with Gasteiger partial charge in [0.15, 0.2) is 0 Å². The molecule has 0 unspecified atom stereocenters. The zero-order chi connectivity index (χ0) is 15.1. The Hall–Kier alpha value is -2.37. The molecule has 0 spiro atoms. The van der Waals surface area contributed by atoms with Crippen LogP contribution in [0.3, 0.4) is 0 Å². The van der Waals surface area contributed by atoms with Gasteiger partial charge in [0.05, 0.1) is 0 Å². The first-order valence-corrected chi connectivity index (χ1v) is 6.40. The van der Waals surface area contributed by atoms with Gasteiger partial charge >= 0.3 is 0 Å². The average molecular weight is 277 g/mol. The van der Waals surface area contributed by atoms with Crippen molar-refractivity contribution in [3.63, 3.8) is 0 Å². The maximum Gasteiger partial charge on any atom is 0.251 e. The molecule has 0 aromatic heterocycles. The Morgan fingerprint density at radius 3 is 2.55 bits per heavy atom. The Balaban J connectivity index is 2.72. The molecule has 108 valence electrons. The second-order valence-corrected chi connectivity index (χ2v) is 4.35. The number of anilines is 1. The van der Waals surface area contributed by atoms with Crippen LogP contribution in [0.4, 0.5) is 5.69 Å². The highest BCUT2D eigenvalue weighted by atomic mass is 16.2. The van der Waals surface area contributed by atoms with Crippen LogP contribution < -0.4 is 16.0 Å². The molecular formula is C14H19N3O3. The van der Waals surface area contributed by atoms with E-state index in [1.165, 1.54) is 6.92 Å². The Bertz CT molecular complexity index is 514. The van der Waals surface area contributed by atoms with Crippen molar-refractivity contribution < 1.29 is 14.4 Å². The van der Waals surface area contributed by atoms with Gasteiger partial charge in [0.2, 0.25) is 11.8 Å². The summed E-state index contributed by atoms with van der Waals surface area (Å²) in [5.41, 5.74) is 0.920. The van der Waals surface area contributed by atoms with E-state index < -0.39 is 6.04 Å². The van der Waals surface area contributed by atoms with E-state index >= 15 is 0 Å². The predicted molar refractivity (Wildman–Crippen MR) is 76.4 cm³/mol. The smallest absolute Gasteiger partial charge is 0.251 e. The van der Waals surface area contributed by atoms with Gasteiger partial charge in [-0.05, 0) is 32.0 Å². The quantitative estimate of drug-likeness (QED) is 0.747. The largest absolute Gasteiger partial charge is 0.355 e. The van der Waals surface area contributed by atoms with Gasteiger partial charge in [0, 0.05) is 24.7 Å². The first-order valence-electron chi connectivity index (χ1n) is 6.40. The highest BCUT2D eigenvalue weighted by Crippen LogP contribution is 2.10. The second kappa shape index (κ2) is 7.28. The molecule has 0 radical (unpaired) electrons. The summed E-state index contributed by atoms with van der Waals surface area (Å²) in [7, 11) is 0. The molecule has 0 bridgehead atoms. The Morgan fingerprint density at radius 2 is 1.95 bits per heavy atom. The SMILES string of the molecule is CCNC(=O)[C@@H](C)NC(=O)c1cccc(NC(C)=O)c1. The van der Waals surface area contributed by atoms with Crippen LogP contribution >= 0.6 is 0 Å². The molecule has 0 aliphatic heterocycles. The summed E-state index contributed by atoms with van der Waals surface area (Å²) < 4.78 is 0. The standard InChI is InChI=1S/C14H19N3O3/c1-4-15-13(19)9(2)16-14(20)11-6-5-7-12(8-11)17-10(3)18/h5-9H,4H2,1-3H3,(H,15,19)(H,16,20)(H,17,18)/t9-/m1/s1. The maximum atomic E-state index is 12.0. The average Bonchev–Trinajstić information content (AvgIpc) is 2.38. The van der Waals surface area contributed by atoms with Crippen LogP contribution in [0.25, 0.3) is 0 Å². The summed E-state index contributed by atoms with van der Waals surface area (Å²) >= 11 is 0. The maximum absolute atomic E-state index is 12.0. The third kappa shape index (κ3) is 4.72. The molecule has 20 heavy (non-hydrogen) atoms. The first-order chi connectivity index (χ1) is 9.43. The molecule has 1 aromatic rings. The van der Waals surface area contributed by atoms with E-state index in [-0.39, 0.29) is 17.7 Å². The third-order valence-corrected chi connectivity index (χ3v) is 2.54. The first kappa shape index (κ1) is 15.7. The van der Waals surface area contributed by atoms with Crippen LogP contribution in [0.2, 0.25) is 0 Å². The lowest BCUT2D eigenvalue weighted by molar-refractivity contribution is -0.122. The van der Waals surface area contributed by atoms with Gasteiger partial charge in [-0.1, -0.05) is 6.07 Å². The minimum Gasteiger partial charge on any atom is -0.355 e. The molecule has 1 atom stereocenters. The molecule has 0 saturated carbocycles. The van der Waals surface area contributed by atoms with Gasteiger partial charge < -0.3 is 16.0 Å². The van der Waals surface area contributed by atoms with E-state index in [1.807, 2.05) is 6.92 Å². The zero-order valence-electron chi connectivity index (χ0n) is 11.8. The molecule has 3 amide bonds. The third-order valence-electron chi connectivity index (χ3n) is 2.54. The van der Waals surface area contributed by atoms with Crippen molar-refractivity contribution in [1.82, 2.24) is 10.6 Å². The number of amides is 3. The summed E-state index contributed by atoms with van der Waals surface area (Å²) in [5, 5.41) is 7.82. The Labute approximate surface area is 117 Å². The normalized spacial score (nSPS) is 11.3. The second-order valence-electron chi connectivity index (χ2n) is 4.35. The lowest BCUT2D eigenvalue weighted by Gasteiger charge is -2.13. The van der Waals surface area contributed by atoms with Gasteiger partial charge in [0.1, 0.15) is 6.04 Å². The van der Waals surface area contributed by atoms with Crippen LogP contribution in [0.15, 0.2) is 24.3 Å². The lowest BCUT2D eigenvalue weighted by Crippen LogP contribution is -2.44. The fourth-order valence-corrected chi connectivity index (χ4v) is 1.61. The van der Waals surface area contributed by atoms with Gasteiger partial charge in [-0.25, -0.2) is 0 Å². The lowest BCUT2D eigenvalue weighted by atomic mass is 10.1. The van der Waals surface area contributed by atoms with Gasteiger partial charge in [0.25, 0.3) is 5.91 Å². The molecule has 0 aliphatic carbocycles. The van der Waals surface area contributed by atoms with E-state index in [0.717, 1.165) is 0 Å². The topological polar surface area (TPSA) is 87.3 Å². The molecule has 6 nitrogen and oxygen atoms in total. The number of benzene rings is 1. The van der Waals surface area contributed by atoms with Crippen molar-refractivity contribution in [3.8, 4) is 0 Å². The van der Waals surface area contributed by atoms with Crippen LogP contribution in [0.1, 0.15) is 31.1 Å². The molecule has 0 fully saturated rings. The monoisotopic (exact) mass is 277 g/mol. The molecule has 0 aliphatic rings. The molecule has 3 N–H and O–H groups in total. The van der Waals surface area contributed by atoms with E-state index in [0.29, 0.717) is 17.8 Å². The summed E-state index contributed by atoms with van der Waals surface area (Å²) in [6.45, 7) is 5.32. The number of hydrogen-bond acceptors (Lipinski definition) is 3. The number of nitrogens with one attached hydrogen (secondary N) is 3. The summed E-state index contributed by atoms with van der Waals surface area (Å²) in [6.07, 6.45) is 0. The van der Waals surface area contributed by atoms with Crippen molar-refractivity contribution in [2.75, 3.05) is 11.9 Å². The summed E-state index contributed by atoms with van der Waals surface area (Å²) in [4.78, 5) is 34.5. The van der Waals surface area contributed by atoms with E-state index in [9.17, 15) is 14.4 Å². The van der Waals surface area contributed by atoms with Crippen molar-refractivity contribution in [1.29, 1.82) is 0 Å². The number of likely N-dealkylation sites (N-methyl/N-ethyl adjacent to an activating group) is 1. The number of hydrogen-bond donors (Lipinski definition) is 3. The van der Waals surface area contributed by atoms with Crippen molar-refractivity contribution in [2.45, 2.75) is 26.8 Å². The van der Waals surface area contributed by atoms with Gasteiger partial charge in [-0.15, -0.1) is 0 Å². The molecular weight excluding hydrogens is 258 g/mol. The van der Waals surface area contributed by atoms with Crippen molar-refractivity contribution >= 4 is 23.4 Å². The van der Waals surface area contributed by atoms with Crippen LogP contribution in [-0.2, 0) is 9.59 Å². The zero-order valence-corrected chi connectivity index (χ0v) is 11.8. The minimum absolute atomic E-state index is 0.210. The number of carbonyl (C=O) groups is 3. The number of rotatable bonds is 5. The molecule has 0 heterocycles. The fourth-order valence-electron chi connectivity index (χ4n) is 1.61. The predicted octanol–water partition coefficient (Wildman–Crippen LogP) is 0.899. The molecule has 1 aromatic carbocycles. The highest BCUT2D eigenvalue weighted by Gasteiger charge is 2.15. The minimum atomic E-state index is -0.619. The van der Waals surface area contributed by atoms with Gasteiger partial charge in [-0.2, -0.15) is 0 Å². The molecule has 0 saturated heterocycles. The van der Waals surface area contributed by atoms with Crippen LogP contribution in [-0.4, -0.2) is 30.3 Å². The highest BCUT2D eigenvalue weighted by molar-refractivity contribution is 5.99. The van der Waals surface area contributed by atoms with Crippen molar-refractivity contribution in [2.24, 2.45) is 0 Å². The number of carbonyl (C=O) groups excluding carboxylic acids is 3. The van der Waals surface area contributed by atoms with Crippen molar-refractivity contribution in [3.05, 3.63) is 29.8 Å². The van der Waals surface area contributed by atoms with E-state index in [1.54, 1.807) is 31.2 Å². The van der Waals surface area contributed by atoms with E-state index in [4.69, 9.17) is 0 Å². The van der Waals surface area contributed by atoms with Crippen LogP contribution in [0.5, 0.6) is 0 Å². The van der Waals surface area contributed by atoms with Gasteiger partial charge in [-0.3, -0.25) is 14.4 Å². The molecule has 1 rings (SSSR count). The Morgan fingerprint density at radius 1 is 1.25 bits per heavy atom. The Kier molecular flexibility index (Phi) is 5.71.